The van der Waals surface area contributed by atoms with Crippen LogP contribution in [-0.2, 0) is 5.75 Å². The number of thioether (sulfide) groups is 1. The molecular formula is C10H10FNS. The highest BCUT2D eigenvalue weighted by Gasteiger charge is 2.03. The normalized spacial score (nSPS) is 10.9. The zero-order valence-electron chi connectivity index (χ0n) is 7.30. The molecule has 0 aliphatic heterocycles. The zero-order chi connectivity index (χ0) is 9.26. The predicted octanol–water partition coefficient (Wildman–Crippen LogP) is 3.17. The van der Waals surface area contributed by atoms with Gasteiger partial charge in [0.05, 0.1) is 5.52 Å². The maximum absolute atomic E-state index is 13.2. The van der Waals surface area contributed by atoms with Crippen LogP contribution in [0.3, 0.4) is 0 Å². The van der Waals surface area contributed by atoms with Crippen LogP contribution in [0.1, 0.15) is 5.69 Å². The second-order valence-corrected chi connectivity index (χ2v) is 3.80. The van der Waals surface area contributed by atoms with Crippen molar-refractivity contribution in [2.75, 3.05) is 6.26 Å². The summed E-state index contributed by atoms with van der Waals surface area (Å²) in [6.07, 6.45) is 2.03. The third kappa shape index (κ3) is 1.56. The van der Waals surface area contributed by atoms with Gasteiger partial charge < -0.3 is 4.98 Å². The maximum Gasteiger partial charge on any atom is 0.147 e. The van der Waals surface area contributed by atoms with Crippen molar-refractivity contribution in [1.82, 2.24) is 4.98 Å². The van der Waals surface area contributed by atoms with Gasteiger partial charge in [0.15, 0.2) is 0 Å². The number of H-pyrrole nitrogens is 1. The van der Waals surface area contributed by atoms with Crippen LogP contribution in [0.5, 0.6) is 0 Å². The standard InChI is InChI=1S/C10H10FNS/c1-13-6-8-5-7-3-2-4-9(11)10(7)12-8/h2-5,12H,6H2,1H3. The molecule has 1 nitrogen and oxygen atoms in total. The molecule has 1 aromatic carbocycles. The lowest BCUT2D eigenvalue weighted by atomic mass is 10.2. The van der Waals surface area contributed by atoms with Crippen LogP contribution < -0.4 is 0 Å². The molecule has 0 aliphatic rings. The number of aromatic nitrogens is 1. The van der Waals surface area contributed by atoms with Crippen molar-refractivity contribution in [2.24, 2.45) is 0 Å². The number of halogens is 1. The van der Waals surface area contributed by atoms with E-state index in [1.54, 1.807) is 17.8 Å². The molecule has 0 saturated carbocycles. The van der Waals surface area contributed by atoms with E-state index >= 15 is 0 Å². The molecule has 1 aromatic heterocycles. The quantitative estimate of drug-likeness (QED) is 0.778. The second kappa shape index (κ2) is 3.42. The molecule has 3 heteroatoms. The molecule has 0 bridgehead atoms. The molecule has 0 fully saturated rings. The fraction of sp³-hybridized carbons (Fsp3) is 0.200. The van der Waals surface area contributed by atoms with Gasteiger partial charge in [-0.15, -0.1) is 0 Å². The van der Waals surface area contributed by atoms with Gasteiger partial charge >= 0.3 is 0 Å². The van der Waals surface area contributed by atoms with Gasteiger partial charge in [-0.05, 0) is 18.4 Å². The van der Waals surface area contributed by atoms with Crippen LogP contribution in [0.15, 0.2) is 24.3 Å². The first-order chi connectivity index (χ1) is 6.31. The summed E-state index contributed by atoms with van der Waals surface area (Å²) >= 11 is 1.72. The van der Waals surface area contributed by atoms with Crippen molar-refractivity contribution in [3.05, 3.63) is 35.8 Å². The highest BCUT2D eigenvalue weighted by Crippen LogP contribution is 2.20. The molecule has 0 spiro atoms. The largest absolute Gasteiger partial charge is 0.355 e. The third-order valence-electron chi connectivity index (χ3n) is 1.96. The Bertz CT molecular complexity index is 422. The van der Waals surface area contributed by atoms with Gasteiger partial charge in [0, 0.05) is 16.8 Å². The minimum Gasteiger partial charge on any atom is -0.355 e. The fourth-order valence-corrected chi connectivity index (χ4v) is 1.88. The molecule has 0 saturated heterocycles. The summed E-state index contributed by atoms with van der Waals surface area (Å²) in [5.74, 6) is 0.721. The number of fused-ring (bicyclic) bond motifs is 1. The monoisotopic (exact) mass is 195 g/mol. The molecule has 1 N–H and O–H groups in total. The van der Waals surface area contributed by atoms with Crippen LogP contribution in [0.2, 0.25) is 0 Å². The van der Waals surface area contributed by atoms with E-state index in [9.17, 15) is 4.39 Å². The highest BCUT2D eigenvalue weighted by molar-refractivity contribution is 7.97. The van der Waals surface area contributed by atoms with Gasteiger partial charge in [-0.25, -0.2) is 4.39 Å². The predicted molar refractivity (Wildman–Crippen MR) is 55.5 cm³/mol. The number of hydrogen-bond acceptors (Lipinski definition) is 1. The third-order valence-corrected chi connectivity index (χ3v) is 2.56. The Morgan fingerprint density at radius 3 is 3.00 bits per heavy atom. The van der Waals surface area contributed by atoms with Crippen LogP contribution in [0, 0.1) is 5.82 Å². The number of hydrogen-bond donors (Lipinski definition) is 1. The first-order valence-electron chi connectivity index (χ1n) is 4.06. The SMILES string of the molecule is CSCc1cc2cccc(F)c2[nH]1. The summed E-state index contributed by atoms with van der Waals surface area (Å²) in [4.78, 5) is 3.07. The summed E-state index contributed by atoms with van der Waals surface area (Å²) in [5, 5.41) is 0.948. The first kappa shape index (κ1) is 8.63. The fourth-order valence-electron chi connectivity index (χ4n) is 1.41. The maximum atomic E-state index is 13.2. The summed E-state index contributed by atoms with van der Waals surface area (Å²) < 4.78 is 13.2. The Morgan fingerprint density at radius 2 is 2.31 bits per heavy atom. The molecule has 0 radical (unpaired) electrons. The van der Waals surface area contributed by atoms with E-state index in [4.69, 9.17) is 0 Å². The van der Waals surface area contributed by atoms with Crippen LogP contribution in [0.4, 0.5) is 4.39 Å². The van der Waals surface area contributed by atoms with Gasteiger partial charge in [-0.3, -0.25) is 0 Å². The van der Waals surface area contributed by atoms with Crippen molar-refractivity contribution in [3.63, 3.8) is 0 Å². The van der Waals surface area contributed by atoms with Gasteiger partial charge in [-0.1, -0.05) is 12.1 Å². The minimum atomic E-state index is -0.176. The topological polar surface area (TPSA) is 15.8 Å². The molecule has 0 unspecified atom stereocenters. The van der Waals surface area contributed by atoms with Crippen molar-refractivity contribution < 1.29 is 4.39 Å². The Labute approximate surface area is 80.3 Å². The van der Waals surface area contributed by atoms with Gasteiger partial charge in [0.25, 0.3) is 0 Å². The van der Waals surface area contributed by atoms with Crippen LogP contribution in [-0.4, -0.2) is 11.2 Å². The van der Waals surface area contributed by atoms with Crippen LogP contribution in [0.25, 0.3) is 10.9 Å². The zero-order valence-corrected chi connectivity index (χ0v) is 8.12. The molecule has 0 aliphatic carbocycles. The van der Waals surface area contributed by atoms with E-state index < -0.39 is 0 Å². The van der Waals surface area contributed by atoms with E-state index in [-0.39, 0.29) is 5.82 Å². The molecule has 0 atom stereocenters. The average molecular weight is 195 g/mol. The van der Waals surface area contributed by atoms with E-state index in [0.29, 0.717) is 5.52 Å². The molecule has 68 valence electrons. The molecule has 2 aromatic rings. The van der Waals surface area contributed by atoms with E-state index in [0.717, 1.165) is 16.8 Å². The molecule has 0 amide bonds. The van der Waals surface area contributed by atoms with Gasteiger partial charge in [-0.2, -0.15) is 11.8 Å². The smallest absolute Gasteiger partial charge is 0.147 e. The number of para-hydroxylation sites is 1. The lowest BCUT2D eigenvalue weighted by Crippen LogP contribution is -1.79. The molecular weight excluding hydrogens is 185 g/mol. The Kier molecular flexibility index (Phi) is 2.27. The lowest BCUT2D eigenvalue weighted by molar-refractivity contribution is 0.637. The van der Waals surface area contributed by atoms with E-state index in [2.05, 4.69) is 4.98 Å². The minimum absolute atomic E-state index is 0.176. The van der Waals surface area contributed by atoms with Crippen molar-refractivity contribution in [3.8, 4) is 0 Å². The van der Waals surface area contributed by atoms with Crippen molar-refractivity contribution >= 4 is 22.7 Å². The van der Waals surface area contributed by atoms with E-state index in [1.165, 1.54) is 6.07 Å². The number of rotatable bonds is 2. The first-order valence-corrected chi connectivity index (χ1v) is 5.45. The molecule has 1 heterocycles. The molecule has 2 rings (SSSR count). The average Bonchev–Trinajstić information content (AvgIpc) is 2.49. The molecule has 13 heavy (non-hydrogen) atoms. The lowest BCUT2D eigenvalue weighted by Gasteiger charge is -1.91. The second-order valence-electron chi connectivity index (χ2n) is 2.93. The summed E-state index contributed by atoms with van der Waals surface area (Å²) in [7, 11) is 0. The highest BCUT2D eigenvalue weighted by atomic mass is 32.2. The summed E-state index contributed by atoms with van der Waals surface area (Å²) in [6, 6.07) is 7.11. The van der Waals surface area contributed by atoms with Crippen molar-refractivity contribution in [2.45, 2.75) is 5.75 Å². The Morgan fingerprint density at radius 1 is 1.46 bits per heavy atom. The van der Waals surface area contributed by atoms with Gasteiger partial charge in [0.2, 0.25) is 0 Å². The van der Waals surface area contributed by atoms with E-state index in [1.807, 2.05) is 18.4 Å². The number of nitrogens with one attached hydrogen (secondary N) is 1. The van der Waals surface area contributed by atoms with Gasteiger partial charge in [0.1, 0.15) is 5.82 Å². The summed E-state index contributed by atoms with van der Waals surface area (Å²) in [5.41, 5.74) is 1.69. The number of benzene rings is 1. The Balaban J connectivity index is 2.55. The Hall–Kier alpha value is -0.960. The van der Waals surface area contributed by atoms with Crippen molar-refractivity contribution in [1.29, 1.82) is 0 Å². The van der Waals surface area contributed by atoms with Crippen LogP contribution >= 0.6 is 11.8 Å². The summed E-state index contributed by atoms with van der Waals surface area (Å²) in [6.45, 7) is 0. The number of aromatic amines is 1.